The van der Waals surface area contributed by atoms with E-state index in [-0.39, 0.29) is 35.8 Å². The van der Waals surface area contributed by atoms with Gasteiger partial charge in [0, 0.05) is 44.9 Å². The van der Waals surface area contributed by atoms with Crippen LogP contribution in [0, 0.1) is 23.7 Å². The molecule has 0 aromatic carbocycles. The van der Waals surface area contributed by atoms with E-state index in [1.807, 2.05) is 6.08 Å². The predicted octanol–water partition coefficient (Wildman–Crippen LogP) is 4.11. The van der Waals surface area contributed by atoms with Crippen LogP contribution in [0.1, 0.15) is 85.5 Å². The number of ether oxygens (including phenoxy) is 3. The minimum Gasteiger partial charge on any atom is -0.469 e. The Hall–Kier alpha value is -2.33. The van der Waals surface area contributed by atoms with E-state index >= 15 is 0 Å². The van der Waals surface area contributed by atoms with Gasteiger partial charge in [-0.2, -0.15) is 0 Å². The maximum atomic E-state index is 11.7. The molecular weight excluding hydrogens is 424 g/mol. The monoisotopic (exact) mass is 464 g/mol. The molecule has 0 saturated heterocycles. The van der Waals surface area contributed by atoms with Crippen LogP contribution in [-0.4, -0.2) is 47.9 Å². The second-order valence-electron chi connectivity index (χ2n) is 8.94. The number of carbonyl (C=O) groups is 3. The number of hydrogen-bond donors (Lipinski definition) is 1. The Morgan fingerprint density at radius 3 is 2.30 bits per heavy atom. The molecule has 0 aromatic rings. The Balaban J connectivity index is 2.90. The summed E-state index contributed by atoms with van der Waals surface area (Å²) in [5.74, 6) is 4.65. The lowest BCUT2D eigenvalue weighted by Crippen LogP contribution is -2.27. The van der Waals surface area contributed by atoms with E-state index in [0.717, 1.165) is 32.1 Å². The average Bonchev–Trinajstić information content (AvgIpc) is 3.03. The molecule has 33 heavy (non-hydrogen) atoms. The standard InChI is InChI=1S/C26H40O7/c1-6-7-12-16-26(4,30)17-15-22-21(13-10-8-9-11-14-25(29)31-5)23(32-19(2)27)18-24(22)33-20(3)28/h15,17,21-24,30H,8-14,16,18H2,1-5H3/b17-15+/t21-,22-,23+,24-,26?/m1/s1. The van der Waals surface area contributed by atoms with Crippen molar-refractivity contribution in [3.63, 3.8) is 0 Å². The lowest BCUT2D eigenvalue weighted by atomic mass is 9.86. The van der Waals surface area contributed by atoms with Gasteiger partial charge in [-0.1, -0.05) is 31.4 Å². The second kappa shape index (κ2) is 14.7. The molecule has 1 aliphatic carbocycles. The summed E-state index contributed by atoms with van der Waals surface area (Å²) in [6.45, 7) is 6.25. The van der Waals surface area contributed by atoms with Gasteiger partial charge >= 0.3 is 17.9 Å². The topological polar surface area (TPSA) is 99.1 Å². The molecule has 1 N–H and O–H groups in total. The van der Waals surface area contributed by atoms with Crippen LogP contribution in [0.25, 0.3) is 0 Å². The number of unbranched alkanes of at least 4 members (excludes halogenated alkanes) is 3. The zero-order valence-electron chi connectivity index (χ0n) is 20.7. The lowest BCUT2D eigenvalue weighted by Gasteiger charge is -2.25. The number of hydrogen-bond acceptors (Lipinski definition) is 7. The zero-order valence-corrected chi connectivity index (χ0v) is 20.7. The highest BCUT2D eigenvalue weighted by atomic mass is 16.6. The minimum atomic E-state index is -1.04. The molecule has 1 rings (SSSR count). The van der Waals surface area contributed by atoms with Gasteiger partial charge in [-0.25, -0.2) is 0 Å². The molecule has 0 heterocycles. The lowest BCUT2D eigenvalue weighted by molar-refractivity contribution is -0.149. The van der Waals surface area contributed by atoms with E-state index in [4.69, 9.17) is 9.47 Å². The first-order chi connectivity index (χ1) is 15.6. The van der Waals surface area contributed by atoms with Gasteiger partial charge in [-0.15, -0.1) is 11.8 Å². The fourth-order valence-corrected chi connectivity index (χ4v) is 4.37. The van der Waals surface area contributed by atoms with E-state index in [1.165, 1.54) is 21.0 Å². The van der Waals surface area contributed by atoms with Gasteiger partial charge in [0.25, 0.3) is 0 Å². The Morgan fingerprint density at radius 1 is 1.06 bits per heavy atom. The van der Waals surface area contributed by atoms with E-state index in [2.05, 4.69) is 16.6 Å². The maximum Gasteiger partial charge on any atom is 0.305 e. The third-order valence-corrected chi connectivity index (χ3v) is 6.01. The highest BCUT2D eigenvalue weighted by Gasteiger charge is 2.45. The molecule has 5 atom stereocenters. The summed E-state index contributed by atoms with van der Waals surface area (Å²) in [4.78, 5) is 34.7. The summed E-state index contributed by atoms with van der Waals surface area (Å²) in [7, 11) is 1.39. The summed E-state index contributed by atoms with van der Waals surface area (Å²) in [6, 6.07) is 0. The molecule has 1 unspecified atom stereocenters. The molecule has 1 fully saturated rings. The summed E-state index contributed by atoms with van der Waals surface area (Å²) in [5.41, 5.74) is -1.04. The number of methoxy groups -OCH3 is 1. The number of esters is 3. The van der Waals surface area contributed by atoms with Crippen molar-refractivity contribution in [2.24, 2.45) is 11.8 Å². The maximum absolute atomic E-state index is 11.7. The molecule has 0 radical (unpaired) electrons. The van der Waals surface area contributed by atoms with Crippen LogP contribution in [0.3, 0.4) is 0 Å². The van der Waals surface area contributed by atoms with Crippen molar-refractivity contribution >= 4 is 17.9 Å². The van der Waals surface area contributed by atoms with Crippen molar-refractivity contribution < 1.29 is 33.7 Å². The zero-order chi connectivity index (χ0) is 24.9. The smallest absolute Gasteiger partial charge is 0.305 e. The van der Waals surface area contributed by atoms with E-state index in [9.17, 15) is 19.5 Å². The molecular formula is C26H40O7. The molecule has 1 saturated carbocycles. The van der Waals surface area contributed by atoms with E-state index < -0.39 is 11.7 Å². The van der Waals surface area contributed by atoms with Gasteiger partial charge in [0.2, 0.25) is 0 Å². The van der Waals surface area contributed by atoms with Gasteiger partial charge < -0.3 is 19.3 Å². The van der Waals surface area contributed by atoms with Gasteiger partial charge in [0.15, 0.2) is 0 Å². The van der Waals surface area contributed by atoms with Gasteiger partial charge in [0.05, 0.1) is 12.7 Å². The Labute approximate surface area is 198 Å². The normalized spacial score (nSPS) is 23.9. The molecule has 0 aliphatic heterocycles. The number of aliphatic hydroxyl groups is 1. The van der Waals surface area contributed by atoms with E-state index in [0.29, 0.717) is 25.7 Å². The largest absolute Gasteiger partial charge is 0.469 e. The van der Waals surface area contributed by atoms with Gasteiger partial charge in [-0.05, 0) is 33.1 Å². The molecule has 0 bridgehead atoms. The van der Waals surface area contributed by atoms with Crippen molar-refractivity contribution in [2.45, 2.75) is 103 Å². The van der Waals surface area contributed by atoms with Gasteiger partial charge in [0.1, 0.15) is 12.2 Å². The third-order valence-electron chi connectivity index (χ3n) is 6.01. The SMILES string of the molecule is CC#CCCC(C)(O)/C=C/[C@@H]1[C@@H](CCCCCCC(=O)OC)[C@@H](OC(C)=O)C[C@H]1OC(C)=O. The highest BCUT2D eigenvalue weighted by Crippen LogP contribution is 2.41. The van der Waals surface area contributed by atoms with Crippen molar-refractivity contribution in [2.75, 3.05) is 7.11 Å². The van der Waals surface area contributed by atoms with Crippen molar-refractivity contribution in [3.8, 4) is 11.8 Å². The number of carbonyl (C=O) groups excluding carboxylic acids is 3. The molecule has 0 spiro atoms. The quantitative estimate of drug-likeness (QED) is 0.144. The van der Waals surface area contributed by atoms with E-state index in [1.54, 1.807) is 19.9 Å². The fourth-order valence-electron chi connectivity index (χ4n) is 4.37. The fraction of sp³-hybridized carbons (Fsp3) is 0.731. The average molecular weight is 465 g/mol. The Bertz CT molecular complexity index is 729. The van der Waals surface area contributed by atoms with Crippen LogP contribution in [0.5, 0.6) is 0 Å². The van der Waals surface area contributed by atoms with Crippen molar-refractivity contribution in [3.05, 3.63) is 12.2 Å². The van der Waals surface area contributed by atoms with Crippen LogP contribution in [0.15, 0.2) is 12.2 Å². The summed E-state index contributed by atoms with van der Waals surface area (Å²) in [5, 5.41) is 10.7. The molecule has 0 amide bonds. The Kier molecular flexibility index (Phi) is 12.8. The van der Waals surface area contributed by atoms with Crippen molar-refractivity contribution in [1.82, 2.24) is 0 Å². The van der Waals surface area contributed by atoms with Gasteiger partial charge in [-0.3, -0.25) is 14.4 Å². The molecule has 7 heteroatoms. The molecule has 186 valence electrons. The summed E-state index contributed by atoms with van der Waals surface area (Å²) >= 11 is 0. The molecule has 0 aromatic heterocycles. The third kappa shape index (κ3) is 11.4. The predicted molar refractivity (Wildman–Crippen MR) is 125 cm³/mol. The minimum absolute atomic E-state index is 0.0265. The van der Waals surface area contributed by atoms with Crippen LogP contribution in [-0.2, 0) is 28.6 Å². The van der Waals surface area contributed by atoms with Crippen LogP contribution in [0.2, 0.25) is 0 Å². The first-order valence-corrected chi connectivity index (χ1v) is 11.8. The number of rotatable bonds is 13. The van der Waals surface area contributed by atoms with Crippen LogP contribution in [0.4, 0.5) is 0 Å². The first kappa shape index (κ1) is 28.7. The molecule has 7 nitrogen and oxygen atoms in total. The van der Waals surface area contributed by atoms with Crippen molar-refractivity contribution in [1.29, 1.82) is 0 Å². The Morgan fingerprint density at radius 2 is 1.70 bits per heavy atom. The summed E-state index contributed by atoms with van der Waals surface area (Å²) < 4.78 is 15.8. The van der Waals surface area contributed by atoms with Crippen LogP contribution < -0.4 is 0 Å². The first-order valence-electron chi connectivity index (χ1n) is 11.8. The second-order valence-corrected chi connectivity index (χ2v) is 8.94. The summed E-state index contributed by atoms with van der Waals surface area (Å²) in [6.07, 6.45) is 9.10. The highest BCUT2D eigenvalue weighted by molar-refractivity contribution is 5.69. The molecule has 1 aliphatic rings. The van der Waals surface area contributed by atoms with Crippen LogP contribution >= 0.6 is 0 Å².